The Morgan fingerprint density at radius 1 is 0.926 bits per heavy atom. The summed E-state index contributed by atoms with van der Waals surface area (Å²) < 4.78 is 6.00. The lowest BCUT2D eigenvalue weighted by Gasteiger charge is -2.13. The summed E-state index contributed by atoms with van der Waals surface area (Å²) >= 11 is 0. The molecule has 0 radical (unpaired) electrons. The summed E-state index contributed by atoms with van der Waals surface area (Å²) in [5.74, 6) is 2.01. The molecule has 1 heterocycles. The van der Waals surface area contributed by atoms with Crippen molar-refractivity contribution < 1.29 is 9.21 Å². The molecule has 1 atom stereocenters. The van der Waals surface area contributed by atoms with Gasteiger partial charge >= 0.3 is 0 Å². The Morgan fingerprint density at radius 3 is 2.37 bits per heavy atom. The Balaban J connectivity index is 1.76. The molecule has 0 aliphatic carbocycles. The van der Waals surface area contributed by atoms with Crippen LogP contribution >= 0.6 is 0 Å². The SMILES string of the molecule is CC(C)CC(C)CCCCc1c(C(=O)c2ccccc2)oc2ccccc12. The van der Waals surface area contributed by atoms with Crippen LogP contribution in [0.25, 0.3) is 11.0 Å². The number of ketones is 1. The molecule has 27 heavy (non-hydrogen) atoms. The van der Waals surface area contributed by atoms with Gasteiger partial charge in [-0.2, -0.15) is 0 Å². The van der Waals surface area contributed by atoms with Crippen molar-refractivity contribution in [3.63, 3.8) is 0 Å². The van der Waals surface area contributed by atoms with Gasteiger partial charge in [0.25, 0.3) is 0 Å². The molecule has 1 unspecified atom stereocenters. The van der Waals surface area contributed by atoms with E-state index < -0.39 is 0 Å². The molecule has 0 saturated carbocycles. The zero-order valence-electron chi connectivity index (χ0n) is 16.7. The van der Waals surface area contributed by atoms with E-state index in [0.29, 0.717) is 11.3 Å². The van der Waals surface area contributed by atoms with Crippen molar-refractivity contribution in [2.45, 2.75) is 52.9 Å². The number of hydrogen-bond acceptors (Lipinski definition) is 2. The van der Waals surface area contributed by atoms with Crippen molar-refractivity contribution >= 4 is 16.8 Å². The van der Waals surface area contributed by atoms with Gasteiger partial charge in [-0.1, -0.05) is 82.1 Å². The van der Waals surface area contributed by atoms with E-state index in [1.807, 2.05) is 48.5 Å². The van der Waals surface area contributed by atoms with Crippen LogP contribution in [0.5, 0.6) is 0 Å². The van der Waals surface area contributed by atoms with Gasteiger partial charge in [0.15, 0.2) is 5.76 Å². The topological polar surface area (TPSA) is 30.2 Å². The van der Waals surface area contributed by atoms with Crippen LogP contribution in [0.15, 0.2) is 59.0 Å². The van der Waals surface area contributed by atoms with E-state index >= 15 is 0 Å². The molecule has 2 heteroatoms. The van der Waals surface area contributed by atoms with Crippen LogP contribution in [0.2, 0.25) is 0 Å². The number of fused-ring (bicyclic) bond motifs is 1. The highest BCUT2D eigenvalue weighted by atomic mass is 16.3. The lowest BCUT2D eigenvalue weighted by Crippen LogP contribution is -2.04. The first-order chi connectivity index (χ1) is 13.1. The van der Waals surface area contributed by atoms with Crippen LogP contribution in [0.3, 0.4) is 0 Å². The molecule has 0 saturated heterocycles. The third-order valence-corrected chi connectivity index (χ3v) is 5.19. The van der Waals surface area contributed by atoms with Gasteiger partial charge in [0, 0.05) is 16.5 Å². The molecular weight excluding hydrogens is 332 g/mol. The molecule has 0 N–H and O–H groups in total. The van der Waals surface area contributed by atoms with Crippen molar-refractivity contribution in [2.24, 2.45) is 11.8 Å². The van der Waals surface area contributed by atoms with Gasteiger partial charge in [-0.25, -0.2) is 0 Å². The number of aryl methyl sites for hydroxylation is 1. The van der Waals surface area contributed by atoms with Gasteiger partial charge < -0.3 is 4.42 Å². The number of rotatable bonds is 9. The first-order valence-electron chi connectivity index (χ1n) is 10.2. The summed E-state index contributed by atoms with van der Waals surface area (Å²) in [6.45, 7) is 6.92. The average Bonchev–Trinajstić information content (AvgIpc) is 3.03. The fourth-order valence-electron chi connectivity index (χ4n) is 3.97. The zero-order valence-corrected chi connectivity index (χ0v) is 16.7. The van der Waals surface area contributed by atoms with Gasteiger partial charge in [-0.05, 0) is 37.2 Å². The van der Waals surface area contributed by atoms with E-state index in [1.165, 1.54) is 19.3 Å². The van der Waals surface area contributed by atoms with Gasteiger partial charge in [0.05, 0.1) is 0 Å². The average molecular weight is 363 g/mol. The molecule has 0 amide bonds. The van der Waals surface area contributed by atoms with Gasteiger partial charge in [0.1, 0.15) is 5.58 Å². The maximum Gasteiger partial charge on any atom is 0.228 e. The molecule has 0 aliphatic rings. The summed E-state index contributed by atoms with van der Waals surface area (Å²) in [6.07, 6.45) is 5.69. The zero-order chi connectivity index (χ0) is 19.2. The van der Waals surface area contributed by atoms with Gasteiger partial charge in [0.2, 0.25) is 5.78 Å². The molecule has 1 aromatic heterocycles. The Labute approximate surface area is 162 Å². The van der Waals surface area contributed by atoms with Crippen molar-refractivity contribution in [3.8, 4) is 0 Å². The van der Waals surface area contributed by atoms with Crippen LogP contribution in [-0.4, -0.2) is 5.78 Å². The smallest absolute Gasteiger partial charge is 0.228 e. The highest BCUT2D eigenvalue weighted by Crippen LogP contribution is 2.29. The molecule has 2 nitrogen and oxygen atoms in total. The Hall–Kier alpha value is -2.35. The number of furan rings is 1. The van der Waals surface area contributed by atoms with Crippen LogP contribution < -0.4 is 0 Å². The van der Waals surface area contributed by atoms with E-state index in [2.05, 4.69) is 26.8 Å². The highest BCUT2D eigenvalue weighted by Gasteiger charge is 2.21. The molecule has 142 valence electrons. The fraction of sp³-hybridized carbons (Fsp3) is 0.400. The lowest BCUT2D eigenvalue weighted by molar-refractivity contribution is 0.101. The monoisotopic (exact) mass is 362 g/mol. The minimum absolute atomic E-state index is 0.0185. The van der Waals surface area contributed by atoms with E-state index in [9.17, 15) is 4.79 Å². The van der Waals surface area contributed by atoms with Crippen molar-refractivity contribution in [3.05, 3.63) is 71.5 Å². The van der Waals surface area contributed by atoms with E-state index in [4.69, 9.17) is 4.42 Å². The Kier molecular flexibility index (Phi) is 6.49. The summed E-state index contributed by atoms with van der Waals surface area (Å²) in [5.41, 5.74) is 2.55. The second-order valence-electron chi connectivity index (χ2n) is 8.08. The van der Waals surface area contributed by atoms with Crippen molar-refractivity contribution in [1.82, 2.24) is 0 Å². The molecule has 0 aliphatic heterocycles. The predicted octanol–water partition coefficient (Wildman–Crippen LogP) is 7.06. The third kappa shape index (κ3) is 4.88. The van der Waals surface area contributed by atoms with Crippen LogP contribution in [0.1, 0.15) is 68.1 Å². The van der Waals surface area contributed by atoms with Crippen molar-refractivity contribution in [1.29, 1.82) is 0 Å². The lowest BCUT2D eigenvalue weighted by atomic mass is 9.92. The number of para-hydroxylation sites is 1. The maximum absolute atomic E-state index is 13.0. The fourth-order valence-corrected chi connectivity index (χ4v) is 3.97. The minimum atomic E-state index is -0.0185. The normalized spacial score (nSPS) is 12.6. The first kappa shape index (κ1) is 19.4. The molecule has 3 rings (SSSR count). The number of hydrogen-bond donors (Lipinski definition) is 0. The van der Waals surface area contributed by atoms with Crippen LogP contribution in [0, 0.1) is 11.8 Å². The second-order valence-corrected chi connectivity index (χ2v) is 8.08. The number of carbonyl (C=O) groups is 1. The molecule has 0 bridgehead atoms. The second kappa shape index (κ2) is 9.03. The molecule has 3 aromatic rings. The quantitative estimate of drug-likeness (QED) is 0.301. The maximum atomic E-state index is 13.0. The van der Waals surface area contributed by atoms with E-state index in [1.54, 1.807) is 0 Å². The molecule has 0 spiro atoms. The summed E-state index contributed by atoms with van der Waals surface area (Å²) in [6, 6.07) is 17.4. The van der Waals surface area contributed by atoms with Crippen molar-refractivity contribution in [2.75, 3.05) is 0 Å². The largest absolute Gasteiger partial charge is 0.452 e. The van der Waals surface area contributed by atoms with Crippen LogP contribution in [-0.2, 0) is 6.42 Å². The summed E-state index contributed by atoms with van der Waals surface area (Å²) in [5, 5.41) is 1.08. The number of benzene rings is 2. The predicted molar refractivity (Wildman–Crippen MR) is 112 cm³/mol. The molecular formula is C25H30O2. The first-order valence-corrected chi connectivity index (χ1v) is 10.2. The van der Waals surface area contributed by atoms with Crippen LogP contribution in [0.4, 0.5) is 0 Å². The van der Waals surface area contributed by atoms with Gasteiger partial charge in [-0.3, -0.25) is 4.79 Å². The van der Waals surface area contributed by atoms with E-state index in [-0.39, 0.29) is 5.78 Å². The number of unbranched alkanes of at least 4 members (excludes halogenated alkanes) is 1. The standard InChI is InChI=1S/C25H30O2/c1-18(2)17-19(3)11-7-8-15-22-21-14-9-10-16-23(21)27-25(22)24(26)20-12-5-4-6-13-20/h4-6,9-10,12-14,16,18-19H,7-8,11,15,17H2,1-3H3. The minimum Gasteiger partial charge on any atom is -0.452 e. The number of carbonyl (C=O) groups excluding carboxylic acids is 1. The molecule has 0 fully saturated rings. The Morgan fingerprint density at radius 2 is 1.63 bits per heavy atom. The Bertz CT molecular complexity index is 874. The van der Waals surface area contributed by atoms with E-state index in [0.717, 1.165) is 41.2 Å². The highest BCUT2D eigenvalue weighted by molar-refractivity contribution is 6.10. The van der Waals surface area contributed by atoms with Gasteiger partial charge in [-0.15, -0.1) is 0 Å². The third-order valence-electron chi connectivity index (χ3n) is 5.19. The summed E-state index contributed by atoms with van der Waals surface area (Å²) in [4.78, 5) is 13.0. The summed E-state index contributed by atoms with van der Waals surface area (Å²) in [7, 11) is 0. The molecule has 2 aromatic carbocycles.